The summed E-state index contributed by atoms with van der Waals surface area (Å²) >= 11 is 1.43. The molecule has 0 bridgehead atoms. The lowest BCUT2D eigenvalue weighted by atomic mass is 10.2. The Morgan fingerprint density at radius 2 is 1.97 bits per heavy atom. The van der Waals surface area contributed by atoms with E-state index in [4.69, 9.17) is 9.26 Å². The summed E-state index contributed by atoms with van der Waals surface area (Å²) in [6, 6.07) is 14.0. The van der Waals surface area contributed by atoms with E-state index in [2.05, 4.69) is 15.0 Å². The van der Waals surface area contributed by atoms with Gasteiger partial charge in [0.05, 0.1) is 24.3 Å². The molecule has 0 radical (unpaired) electrons. The number of carbonyl (C=O) groups is 1. The van der Waals surface area contributed by atoms with Crippen LogP contribution < -0.4 is 9.64 Å². The Labute approximate surface area is 184 Å². The summed E-state index contributed by atoms with van der Waals surface area (Å²) in [6.45, 7) is 2.86. The second kappa shape index (κ2) is 9.82. The zero-order chi connectivity index (χ0) is 21.6. The van der Waals surface area contributed by atoms with Crippen LogP contribution in [-0.2, 0) is 10.5 Å². The molecule has 0 N–H and O–H groups in total. The first-order valence-corrected chi connectivity index (χ1v) is 11.1. The third kappa shape index (κ3) is 5.16. The summed E-state index contributed by atoms with van der Waals surface area (Å²) in [5, 5.41) is 3.89. The first-order valence-electron chi connectivity index (χ1n) is 9.96. The molecule has 31 heavy (non-hydrogen) atoms. The molecule has 2 aromatic carbocycles. The number of ether oxygens (including phenoxy) is 1. The molecule has 3 aromatic rings. The number of piperazine rings is 1. The van der Waals surface area contributed by atoms with E-state index in [1.165, 1.54) is 23.9 Å². The molecule has 0 saturated carbocycles. The van der Waals surface area contributed by atoms with Crippen LogP contribution >= 0.6 is 11.8 Å². The van der Waals surface area contributed by atoms with E-state index in [-0.39, 0.29) is 11.7 Å². The Morgan fingerprint density at radius 1 is 1.16 bits per heavy atom. The molecule has 0 aliphatic carbocycles. The average Bonchev–Trinajstić information content (AvgIpc) is 3.28. The minimum absolute atomic E-state index is 0.0922. The zero-order valence-corrected chi connectivity index (χ0v) is 18.0. The Bertz CT molecular complexity index is 1040. The number of carbonyl (C=O) groups excluding carboxylic acids is 1. The van der Waals surface area contributed by atoms with Crippen molar-refractivity contribution in [1.82, 2.24) is 15.0 Å². The quantitative estimate of drug-likeness (QED) is 0.555. The SMILES string of the molecule is COc1ccccc1N1CCN(C(=O)CSCc2nc(-c3cccc(F)c3)no2)CC1. The van der Waals surface area contributed by atoms with Crippen LogP contribution in [0.1, 0.15) is 5.89 Å². The van der Waals surface area contributed by atoms with E-state index in [1.807, 2.05) is 29.2 Å². The number of para-hydroxylation sites is 2. The summed E-state index contributed by atoms with van der Waals surface area (Å²) in [7, 11) is 1.67. The molecule has 1 amide bonds. The van der Waals surface area contributed by atoms with Crippen LogP contribution in [0.25, 0.3) is 11.4 Å². The molecule has 1 aliphatic rings. The van der Waals surface area contributed by atoms with Crippen LogP contribution in [0.5, 0.6) is 5.75 Å². The molecule has 2 heterocycles. The number of hydrogen-bond acceptors (Lipinski definition) is 7. The maximum absolute atomic E-state index is 13.3. The number of halogens is 1. The van der Waals surface area contributed by atoms with E-state index in [1.54, 1.807) is 19.2 Å². The lowest BCUT2D eigenvalue weighted by Gasteiger charge is -2.36. The second-order valence-corrected chi connectivity index (χ2v) is 8.04. The van der Waals surface area contributed by atoms with Crippen molar-refractivity contribution in [3.8, 4) is 17.1 Å². The van der Waals surface area contributed by atoms with E-state index in [0.717, 1.165) is 24.5 Å². The smallest absolute Gasteiger partial charge is 0.236 e. The zero-order valence-electron chi connectivity index (χ0n) is 17.2. The van der Waals surface area contributed by atoms with Crippen LogP contribution in [0.3, 0.4) is 0 Å². The summed E-state index contributed by atoms with van der Waals surface area (Å²) in [5.41, 5.74) is 1.61. The Hall–Kier alpha value is -3.07. The van der Waals surface area contributed by atoms with Crippen molar-refractivity contribution in [2.75, 3.05) is 43.9 Å². The Morgan fingerprint density at radius 3 is 2.74 bits per heavy atom. The number of amides is 1. The minimum atomic E-state index is -0.352. The number of aromatic nitrogens is 2. The summed E-state index contributed by atoms with van der Waals surface area (Å²) in [6.07, 6.45) is 0. The summed E-state index contributed by atoms with van der Waals surface area (Å²) in [4.78, 5) is 21.0. The Kier molecular flexibility index (Phi) is 6.71. The fraction of sp³-hybridized carbons (Fsp3) is 0.318. The fourth-order valence-corrected chi connectivity index (χ4v) is 4.21. The third-order valence-corrected chi connectivity index (χ3v) is 5.96. The maximum Gasteiger partial charge on any atom is 0.236 e. The van der Waals surface area contributed by atoms with Gasteiger partial charge in [0.2, 0.25) is 17.6 Å². The Balaban J connectivity index is 1.24. The molecular formula is C22H23FN4O3S. The molecule has 4 rings (SSSR count). The molecule has 1 fully saturated rings. The van der Waals surface area contributed by atoms with Crippen LogP contribution in [0.15, 0.2) is 53.1 Å². The number of hydrogen-bond donors (Lipinski definition) is 0. The van der Waals surface area contributed by atoms with Crippen molar-refractivity contribution in [3.05, 3.63) is 60.2 Å². The van der Waals surface area contributed by atoms with Gasteiger partial charge in [-0.3, -0.25) is 4.79 Å². The number of rotatable bonds is 7. The highest BCUT2D eigenvalue weighted by atomic mass is 32.2. The lowest BCUT2D eigenvalue weighted by molar-refractivity contribution is -0.128. The first-order chi connectivity index (χ1) is 15.1. The summed E-state index contributed by atoms with van der Waals surface area (Å²) in [5.74, 6) is 2.10. The highest BCUT2D eigenvalue weighted by molar-refractivity contribution is 7.99. The van der Waals surface area contributed by atoms with Gasteiger partial charge in [-0.15, -0.1) is 11.8 Å². The topological polar surface area (TPSA) is 71.7 Å². The standard InChI is InChI=1S/C22H23FN4O3S/c1-29-19-8-3-2-7-18(19)26-9-11-27(12-10-26)21(28)15-31-14-20-24-22(25-30-20)16-5-4-6-17(23)13-16/h2-8,13H,9-12,14-15H2,1H3. The van der Waals surface area contributed by atoms with Crippen molar-refractivity contribution >= 4 is 23.4 Å². The van der Waals surface area contributed by atoms with Gasteiger partial charge in [-0.2, -0.15) is 4.98 Å². The van der Waals surface area contributed by atoms with Crippen molar-refractivity contribution < 1.29 is 18.4 Å². The van der Waals surface area contributed by atoms with E-state index in [9.17, 15) is 9.18 Å². The van der Waals surface area contributed by atoms with Crippen molar-refractivity contribution in [2.24, 2.45) is 0 Å². The number of benzene rings is 2. The van der Waals surface area contributed by atoms with Crippen molar-refractivity contribution in [1.29, 1.82) is 0 Å². The van der Waals surface area contributed by atoms with Crippen LogP contribution in [0.2, 0.25) is 0 Å². The molecule has 0 unspecified atom stereocenters. The highest BCUT2D eigenvalue weighted by Crippen LogP contribution is 2.28. The van der Waals surface area contributed by atoms with Gasteiger partial charge in [0.1, 0.15) is 11.6 Å². The van der Waals surface area contributed by atoms with E-state index in [0.29, 0.717) is 41.9 Å². The number of anilines is 1. The summed E-state index contributed by atoms with van der Waals surface area (Å²) < 4.78 is 24.0. The van der Waals surface area contributed by atoms with Gasteiger partial charge in [-0.1, -0.05) is 29.4 Å². The number of nitrogens with zero attached hydrogens (tertiary/aromatic N) is 4. The second-order valence-electron chi connectivity index (χ2n) is 7.05. The van der Waals surface area contributed by atoms with E-state index >= 15 is 0 Å². The van der Waals surface area contributed by atoms with Crippen LogP contribution in [0, 0.1) is 5.82 Å². The number of thioether (sulfide) groups is 1. The number of methoxy groups -OCH3 is 1. The predicted molar refractivity (Wildman–Crippen MR) is 118 cm³/mol. The molecule has 0 spiro atoms. The fourth-order valence-electron chi connectivity index (χ4n) is 3.46. The molecule has 1 aromatic heterocycles. The van der Waals surface area contributed by atoms with Gasteiger partial charge in [0, 0.05) is 31.7 Å². The van der Waals surface area contributed by atoms with Gasteiger partial charge in [0.15, 0.2) is 0 Å². The van der Waals surface area contributed by atoms with E-state index < -0.39 is 0 Å². The van der Waals surface area contributed by atoms with Gasteiger partial charge < -0.3 is 19.1 Å². The normalized spacial score (nSPS) is 14.0. The van der Waals surface area contributed by atoms with Gasteiger partial charge in [-0.25, -0.2) is 4.39 Å². The van der Waals surface area contributed by atoms with Gasteiger partial charge >= 0.3 is 0 Å². The molecular weight excluding hydrogens is 419 g/mol. The van der Waals surface area contributed by atoms with Gasteiger partial charge in [0.25, 0.3) is 0 Å². The molecule has 1 saturated heterocycles. The largest absolute Gasteiger partial charge is 0.495 e. The maximum atomic E-state index is 13.3. The van der Waals surface area contributed by atoms with Crippen molar-refractivity contribution in [2.45, 2.75) is 5.75 Å². The monoisotopic (exact) mass is 442 g/mol. The average molecular weight is 443 g/mol. The first kappa shape index (κ1) is 21.2. The van der Waals surface area contributed by atoms with Crippen LogP contribution in [0.4, 0.5) is 10.1 Å². The third-order valence-electron chi connectivity index (χ3n) is 5.06. The molecule has 7 nitrogen and oxygen atoms in total. The van der Waals surface area contributed by atoms with Gasteiger partial charge in [-0.05, 0) is 24.3 Å². The molecule has 1 aliphatic heterocycles. The lowest BCUT2D eigenvalue weighted by Crippen LogP contribution is -2.49. The highest BCUT2D eigenvalue weighted by Gasteiger charge is 2.23. The predicted octanol–water partition coefficient (Wildman–Crippen LogP) is 3.47. The molecule has 0 atom stereocenters. The van der Waals surface area contributed by atoms with Crippen molar-refractivity contribution in [3.63, 3.8) is 0 Å². The molecule has 162 valence electrons. The molecule has 9 heteroatoms. The van der Waals surface area contributed by atoms with Crippen LogP contribution in [-0.4, -0.2) is 60.0 Å². The minimum Gasteiger partial charge on any atom is -0.495 e.